The van der Waals surface area contributed by atoms with E-state index in [4.69, 9.17) is 9.57 Å². The normalized spacial score (nSPS) is 17.0. The highest BCUT2D eigenvalue weighted by Gasteiger charge is 2.28. The molecular weight excluding hydrogens is 274 g/mol. The van der Waals surface area contributed by atoms with Gasteiger partial charge in [0.1, 0.15) is 0 Å². The Balaban J connectivity index is 1.68. The first-order valence-electron chi connectivity index (χ1n) is 6.64. The molecule has 0 amide bonds. The highest BCUT2D eigenvalue weighted by atomic mass is 16.6. The van der Waals surface area contributed by atoms with E-state index in [1.54, 1.807) is 0 Å². The van der Waals surface area contributed by atoms with Gasteiger partial charge in [0.2, 0.25) is 5.78 Å². The third-order valence-electron chi connectivity index (χ3n) is 2.89. The standard InChI is InChI=1S/C15H17NO5/c1-11(17)20-10-14(18)15-7-13(16-21-15)9-19-8-12-5-3-2-4-6-12/h2-6,15H,7-10H2,1H3. The van der Waals surface area contributed by atoms with Gasteiger partial charge in [-0.05, 0) is 5.56 Å². The molecule has 1 aliphatic rings. The van der Waals surface area contributed by atoms with Gasteiger partial charge in [0, 0.05) is 13.3 Å². The van der Waals surface area contributed by atoms with Crippen LogP contribution < -0.4 is 0 Å². The third kappa shape index (κ3) is 5.00. The van der Waals surface area contributed by atoms with Crippen molar-refractivity contribution in [2.24, 2.45) is 5.16 Å². The van der Waals surface area contributed by atoms with Gasteiger partial charge in [-0.3, -0.25) is 9.59 Å². The van der Waals surface area contributed by atoms with Gasteiger partial charge >= 0.3 is 5.97 Å². The molecule has 6 nitrogen and oxygen atoms in total. The van der Waals surface area contributed by atoms with Crippen LogP contribution in [-0.2, 0) is 30.5 Å². The van der Waals surface area contributed by atoms with Crippen molar-refractivity contribution < 1.29 is 23.9 Å². The summed E-state index contributed by atoms with van der Waals surface area (Å²) < 4.78 is 10.2. The number of Topliss-reactive ketones (excluding diaryl/α,β-unsaturated/α-hetero) is 1. The highest BCUT2D eigenvalue weighted by molar-refractivity contribution is 5.95. The van der Waals surface area contributed by atoms with Crippen molar-refractivity contribution in [3.05, 3.63) is 35.9 Å². The lowest BCUT2D eigenvalue weighted by atomic mass is 10.1. The van der Waals surface area contributed by atoms with Crippen LogP contribution in [0, 0.1) is 0 Å². The monoisotopic (exact) mass is 291 g/mol. The minimum atomic E-state index is -0.681. The maximum Gasteiger partial charge on any atom is 0.303 e. The first kappa shape index (κ1) is 15.2. The fraction of sp³-hybridized carbons (Fsp3) is 0.400. The largest absolute Gasteiger partial charge is 0.458 e. The molecule has 21 heavy (non-hydrogen) atoms. The maximum absolute atomic E-state index is 11.7. The van der Waals surface area contributed by atoms with E-state index in [9.17, 15) is 9.59 Å². The molecule has 1 aromatic rings. The second-order valence-corrected chi connectivity index (χ2v) is 4.68. The second-order valence-electron chi connectivity index (χ2n) is 4.68. The lowest BCUT2D eigenvalue weighted by Gasteiger charge is -2.06. The number of hydrogen-bond acceptors (Lipinski definition) is 6. The molecule has 112 valence electrons. The number of carbonyl (C=O) groups excluding carboxylic acids is 2. The maximum atomic E-state index is 11.7. The Morgan fingerprint density at radius 2 is 2.05 bits per heavy atom. The Hall–Kier alpha value is -2.21. The van der Waals surface area contributed by atoms with E-state index in [2.05, 4.69) is 9.89 Å². The molecule has 1 unspecified atom stereocenters. The van der Waals surface area contributed by atoms with Crippen molar-refractivity contribution in [3.63, 3.8) is 0 Å². The molecular formula is C15H17NO5. The number of oxime groups is 1. The van der Waals surface area contributed by atoms with E-state index in [1.165, 1.54) is 6.92 Å². The van der Waals surface area contributed by atoms with E-state index in [0.717, 1.165) is 5.56 Å². The van der Waals surface area contributed by atoms with Crippen LogP contribution >= 0.6 is 0 Å². The summed E-state index contributed by atoms with van der Waals surface area (Å²) in [7, 11) is 0. The molecule has 1 heterocycles. The predicted octanol–water partition coefficient (Wildman–Crippen LogP) is 1.48. The van der Waals surface area contributed by atoms with Crippen molar-refractivity contribution in [2.75, 3.05) is 13.2 Å². The van der Waals surface area contributed by atoms with Gasteiger partial charge in [-0.15, -0.1) is 0 Å². The molecule has 0 saturated heterocycles. The molecule has 1 atom stereocenters. The number of benzene rings is 1. The van der Waals surface area contributed by atoms with Gasteiger partial charge in [0.25, 0.3) is 0 Å². The zero-order chi connectivity index (χ0) is 15.1. The SMILES string of the molecule is CC(=O)OCC(=O)C1CC(COCc2ccccc2)=NO1. The molecule has 0 aliphatic carbocycles. The van der Waals surface area contributed by atoms with Crippen LogP contribution in [0.25, 0.3) is 0 Å². The van der Waals surface area contributed by atoms with Crippen molar-refractivity contribution in [1.29, 1.82) is 0 Å². The Morgan fingerprint density at radius 1 is 1.29 bits per heavy atom. The third-order valence-corrected chi connectivity index (χ3v) is 2.89. The van der Waals surface area contributed by atoms with Gasteiger partial charge in [0.05, 0.1) is 18.9 Å². The first-order valence-corrected chi connectivity index (χ1v) is 6.64. The number of carbonyl (C=O) groups is 2. The van der Waals surface area contributed by atoms with E-state index < -0.39 is 12.1 Å². The topological polar surface area (TPSA) is 74.2 Å². The number of esters is 1. The quantitative estimate of drug-likeness (QED) is 0.711. The molecule has 0 aromatic heterocycles. The van der Waals surface area contributed by atoms with Crippen LogP contribution in [0.4, 0.5) is 0 Å². The van der Waals surface area contributed by atoms with E-state index in [0.29, 0.717) is 25.3 Å². The smallest absolute Gasteiger partial charge is 0.303 e. The molecule has 0 spiro atoms. The lowest BCUT2D eigenvalue weighted by Crippen LogP contribution is -2.26. The summed E-state index contributed by atoms with van der Waals surface area (Å²) in [6.07, 6.45) is -0.311. The summed E-state index contributed by atoms with van der Waals surface area (Å²) in [5, 5.41) is 3.83. The molecule has 0 fully saturated rings. The van der Waals surface area contributed by atoms with Crippen molar-refractivity contribution in [2.45, 2.75) is 26.1 Å². The Morgan fingerprint density at radius 3 is 2.76 bits per heavy atom. The van der Waals surface area contributed by atoms with Gasteiger partial charge in [-0.25, -0.2) is 0 Å². The number of ketones is 1. The Labute approximate surface area is 122 Å². The van der Waals surface area contributed by atoms with Crippen LogP contribution in [0.2, 0.25) is 0 Å². The Kier molecular flexibility index (Phi) is 5.45. The molecule has 2 rings (SSSR count). The zero-order valence-corrected chi connectivity index (χ0v) is 11.8. The molecule has 1 aliphatic heterocycles. The minimum Gasteiger partial charge on any atom is -0.458 e. The van der Waals surface area contributed by atoms with Crippen molar-refractivity contribution >= 4 is 17.5 Å². The molecule has 0 radical (unpaired) electrons. The van der Waals surface area contributed by atoms with Gasteiger partial charge in [-0.1, -0.05) is 35.5 Å². The molecule has 6 heteroatoms. The summed E-state index contributed by atoms with van der Waals surface area (Å²) >= 11 is 0. The van der Waals surface area contributed by atoms with Crippen molar-refractivity contribution in [3.8, 4) is 0 Å². The zero-order valence-electron chi connectivity index (χ0n) is 11.8. The molecule has 1 aromatic carbocycles. The average molecular weight is 291 g/mol. The number of hydrogen-bond donors (Lipinski definition) is 0. The minimum absolute atomic E-state index is 0.284. The summed E-state index contributed by atoms with van der Waals surface area (Å²) in [4.78, 5) is 27.3. The van der Waals surface area contributed by atoms with Crippen LogP contribution in [0.15, 0.2) is 35.5 Å². The van der Waals surface area contributed by atoms with Crippen LogP contribution in [0.5, 0.6) is 0 Å². The second kappa shape index (κ2) is 7.54. The molecule has 0 N–H and O–H groups in total. The molecule has 0 bridgehead atoms. The number of rotatable bonds is 7. The lowest BCUT2D eigenvalue weighted by molar-refractivity contribution is -0.148. The number of ether oxygens (including phenoxy) is 2. The van der Waals surface area contributed by atoms with Gasteiger partial charge in [-0.2, -0.15) is 0 Å². The van der Waals surface area contributed by atoms with Crippen LogP contribution in [-0.4, -0.2) is 36.8 Å². The summed E-state index contributed by atoms with van der Waals surface area (Å²) in [5.74, 6) is -0.791. The van der Waals surface area contributed by atoms with Crippen LogP contribution in [0.3, 0.4) is 0 Å². The van der Waals surface area contributed by atoms with Crippen molar-refractivity contribution in [1.82, 2.24) is 0 Å². The van der Waals surface area contributed by atoms with E-state index >= 15 is 0 Å². The first-order chi connectivity index (χ1) is 10.1. The molecule has 0 saturated carbocycles. The average Bonchev–Trinajstić information content (AvgIpc) is 2.95. The predicted molar refractivity (Wildman–Crippen MR) is 74.7 cm³/mol. The highest BCUT2D eigenvalue weighted by Crippen LogP contribution is 2.12. The summed E-state index contributed by atoms with van der Waals surface area (Å²) in [6.45, 7) is 1.76. The van der Waals surface area contributed by atoms with Gasteiger partial charge in [0.15, 0.2) is 12.7 Å². The van der Waals surface area contributed by atoms with Gasteiger partial charge < -0.3 is 14.3 Å². The fourth-order valence-electron chi connectivity index (χ4n) is 1.81. The van der Waals surface area contributed by atoms with E-state index in [1.807, 2.05) is 30.3 Å². The number of nitrogens with zero attached hydrogens (tertiary/aromatic N) is 1. The Bertz CT molecular complexity index is 526. The van der Waals surface area contributed by atoms with E-state index in [-0.39, 0.29) is 12.4 Å². The summed E-state index contributed by atoms with van der Waals surface area (Å²) in [6, 6.07) is 9.77. The van der Waals surface area contributed by atoms with Crippen LogP contribution in [0.1, 0.15) is 18.9 Å². The summed E-state index contributed by atoms with van der Waals surface area (Å²) in [5.41, 5.74) is 1.74. The fourth-order valence-corrected chi connectivity index (χ4v) is 1.81.